The van der Waals surface area contributed by atoms with E-state index in [1.54, 1.807) is 19.2 Å². The Hall–Kier alpha value is -2.03. The van der Waals surface area contributed by atoms with Crippen molar-refractivity contribution in [3.05, 3.63) is 64.7 Å². The summed E-state index contributed by atoms with van der Waals surface area (Å²) in [4.78, 5) is 19.0. The number of thioether (sulfide) groups is 1. The van der Waals surface area contributed by atoms with Gasteiger partial charge in [-0.05, 0) is 23.8 Å². The fraction of sp³-hybridized carbons (Fsp3) is 0.333. The normalized spacial score (nSPS) is 23.5. The molecule has 2 aromatic carbocycles. The third-order valence-corrected chi connectivity index (χ3v) is 8.70. The van der Waals surface area contributed by atoms with Gasteiger partial charge in [0.2, 0.25) is 0 Å². The third-order valence-electron chi connectivity index (χ3n) is 5.20. The number of nitrogens with zero attached hydrogens (tertiary/aromatic N) is 2. The van der Waals surface area contributed by atoms with E-state index in [9.17, 15) is 13.2 Å². The van der Waals surface area contributed by atoms with E-state index >= 15 is 0 Å². The molecule has 2 heterocycles. The lowest BCUT2D eigenvalue weighted by molar-refractivity contribution is -0.117. The standard InChI is InChI=1S/C21H21ClN2O4S2/c1-28-18-5-3-2-4-15(18)10-20(25)23-21-24(11-14-6-8-16(22)9-7-14)17-12-30(26,27)13-19(17)29-21/h2-9,17,19H,10-13H2,1H3. The SMILES string of the molecule is COc1ccccc1CC(=O)N=C1SC2CS(=O)(=O)CC2N1Cc1ccc(Cl)cc1. The molecule has 2 unspecified atom stereocenters. The zero-order valence-electron chi connectivity index (χ0n) is 16.3. The molecule has 0 spiro atoms. The molecule has 0 bridgehead atoms. The minimum atomic E-state index is -3.09. The molecule has 0 saturated carbocycles. The number of halogens is 1. The highest BCUT2D eigenvalue weighted by Gasteiger charge is 2.48. The van der Waals surface area contributed by atoms with Gasteiger partial charge in [0.25, 0.3) is 5.91 Å². The zero-order chi connectivity index (χ0) is 21.3. The molecule has 2 atom stereocenters. The summed E-state index contributed by atoms with van der Waals surface area (Å²) in [5.74, 6) is 0.550. The maximum Gasteiger partial charge on any atom is 0.252 e. The molecule has 30 heavy (non-hydrogen) atoms. The monoisotopic (exact) mass is 464 g/mol. The number of rotatable bonds is 5. The highest BCUT2D eigenvalue weighted by atomic mass is 35.5. The second-order valence-electron chi connectivity index (χ2n) is 7.33. The Morgan fingerprint density at radius 1 is 1.20 bits per heavy atom. The van der Waals surface area contributed by atoms with Crippen molar-refractivity contribution in [2.75, 3.05) is 18.6 Å². The van der Waals surface area contributed by atoms with Crippen LogP contribution < -0.4 is 4.74 Å². The summed E-state index contributed by atoms with van der Waals surface area (Å²) in [5, 5.41) is 1.10. The fourth-order valence-corrected chi connectivity index (χ4v) is 7.86. The first-order chi connectivity index (χ1) is 14.3. The van der Waals surface area contributed by atoms with Crippen LogP contribution in [0, 0.1) is 0 Å². The number of aliphatic imine (C=N–C) groups is 1. The molecule has 2 aliphatic heterocycles. The minimum absolute atomic E-state index is 0.0813. The van der Waals surface area contributed by atoms with Crippen LogP contribution in [-0.2, 0) is 27.6 Å². The molecule has 1 amide bonds. The lowest BCUT2D eigenvalue weighted by Gasteiger charge is -2.24. The van der Waals surface area contributed by atoms with Gasteiger partial charge in [0.15, 0.2) is 15.0 Å². The number of para-hydroxylation sites is 1. The van der Waals surface area contributed by atoms with E-state index in [0.717, 1.165) is 11.1 Å². The van der Waals surface area contributed by atoms with Crippen LogP contribution in [0.4, 0.5) is 0 Å². The number of carbonyl (C=O) groups excluding carboxylic acids is 1. The Bertz CT molecular complexity index is 1090. The summed E-state index contributed by atoms with van der Waals surface area (Å²) >= 11 is 7.36. The van der Waals surface area contributed by atoms with Crippen molar-refractivity contribution in [2.24, 2.45) is 4.99 Å². The van der Waals surface area contributed by atoms with E-state index in [1.807, 2.05) is 41.3 Å². The maximum atomic E-state index is 12.7. The van der Waals surface area contributed by atoms with Crippen LogP contribution in [0.1, 0.15) is 11.1 Å². The number of hydrogen-bond acceptors (Lipinski definition) is 5. The van der Waals surface area contributed by atoms with E-state index < -0.39 is 9.84 Å². The quantitative estimate of drug-likeness (QED) is 0.676. The van der Waals surface area contributed by atoms with Gasteiger partial charge in [0.05, 0.1) is 31.1 Å². The lowest BCUT2D eigenvalue weighted by Crippen LogP contribution is -2.37. The molecule has 2 aromatic rings. The molecular formula is C21H21ClN2O4S2. The lowest BCUT2D eigenvalue weighted by atomic mass is 10.1. The van der Waals surface area contributed by atoms with Crippen molar-refractivity contribution in [2.45, 2.75) is 24.3 Å². The molecule has 2 fully saturated rings. The minimum Gasteiger partial charge on any atom is -0.496 e. The predicted molar refractivity (Wildman–Crippen MR) is 120 cm³/mol. The van der Waals surface area contributed by atoms with Gasteiger partial charge in [-0.25, -0.2) is 8.42 Å². The van der Waals surface area contributed by atoms with E-state index in [4.69, 9.17) is 16.3 Å². The smallest absolute Gasteiger partial charge is 0.252 e. The number of amidine groups is 1. The summed E-state index contributed by atoms with van der Waals surface area (Å²) < 4.78 is 29.6. The average Bonchev–Trinajstić information content (AvgIpc) is 3.16. The average molecular weight is 465 g/mol. The number of methoxy groups -OCH3 is 1. The van der Waals surface area contributed by atoms with Crippen molar-refractivity contribution < 1.29 is 17.9 Å². The number of ether oxygens (including phenoxy) is 1. The number of hydrogen-bond donors (Lipinski definition) is 0. The van der Waals surface area contributed by atoms with Crippen LogP contribution in [0.2, 0.25) is 5.02 Å². The second kappa shape index (κ2) is 8.61. The molecule has 0 aromatic heterocycles. The van der Waals surface area contributed by atoms with Crippen LogP contribution in [-0.4, -0.2) is 54.3 Å². The fourth-order valence-electron chi connectivity index (χ4n) is 3.77. The van der Waals surface area contributed by atoms with Gasteiger partial charge in [0, 0.05) is 22.4 Å². The largest absolute Gasteiger partial charge is 0.496 e. The van der Waals surface area contributed by atoms with Gasteiger partial charge >= 0.3 is 0 Å². The zero-order valence-corrected chi connectivity index (χ0v) is 18.7. The molecule has 6 nitrogen and oxygen atoms in total. The molecule has 9 heteroatoms. The number of benzene rings is 2. The van der Waals surface area contributed by atoms with Gasteiger partial charge in [-0.15, -0.1) is 0 Å². The molecule has 0 N–H and O–H groups in total. The molecule has 0 radical (unpaired) electrons. The van der Waals surface area contributed by atoms with Gasteiger partial charge < -0.3 is 9.64 Å². The van der Waals surface area contributed by atoms with Crippen molar-refractivity contribution in [1.29, 1.82) is 0 Å². The number of carbonyl (C=O) groups is 1. The Labute approximate surface area is 185 Å². The maximum absolute atomic E-state index is 12.7. The Morgan fingerprint density at radius 2 is 1.93 bits per heavy atom. The van der Waals surface area contributed by atoms with Crippen molar-refractivity contribution in [1.82, 2.24) is 4.90 Å². The van der Waals surface area contributed by atoms with Crippen LogP contribution in [0.15, 0.2) is 53.5 Å². The molecule has 158 valence electrons. The summed E-state index contributed by atoms with van der Waals surface area (Å²) in [6, 6.07) is 14.6. The van der Waals surface area contributed by atoms with Crippen LogP contribution in [0.3, 0.4) is 0 Å². The van der Waals surface area contributed by atoms with Crippen LogP contribution in [0.5, 0.6) is 5.75 Å². The molecular weight excluding hydrogens is 444 g/mol. The van der Waals surface area contributed by atoms with Crippen molar-refractivity contribution in [3.63, 3.8) is 0 Å². The highest BCUT2D eigenvalue weighted by molar-refractivity contribution is 8.15. The third kappa shape index (κ3) is 4.66. The van der Waals surface area contributed by atoms with Crippen LogP contribution in [0.25, 0.3) is 0 Å². The van der Waals surface area contributed by atoms with Gasteiger partial charge in [-0.3, -0.25) is 4.79 Å². The van der Waals surface area contributed by atoms with E-state index in [2.05, 4.69) is 4.99 Å². The first-order valence-corrected chi connectivity index (χ1v) is 12.5. The Morgan fingerprint density at radius 3 is 2.67 bits per heavy atom. The molecule has 2 saturated heterocycles. The molecule has 2 aliphatic rings. The first-order valence-electron chi connectivity index (χ1n) is 9.46. The Balaban J connectivity index is 1.58. The molecule has 0 aliphatic carbocycles. The summed E-state index contributed by atoms with van der Waals surface area (Å²) in [6.45, 7) is 0.474. The van der Waals surface area contributed by atoms with Crippen molar-refractivity contribution in [3.8, 4) is 5.75 Å². The second-order valence-corrected chi connectivity index (χ2v) is 11.1. The first kappa shape index (κ1) is 21.2. The topological polar surface area (TPSA) is 76.0 Å². The van der Waals surface area contributed by atoms with E-state index in [-0.39, 0.29) is 35.1 Å². The van der Waals surface area contributed by atoms with Gasteiger partial charge in [-0.2, -0.15) is 4.99 Å². The highest BCUT2D eigenvalue weighted by Crippen LogP contribution is 2.39. The Kier molecular flexibility index (Phi) is 6.09. The van der Waals surface area contributed by atoms with E-state index in [0.29, 0.717) is 22.5 Å². The number of amides is 1. The summed E-state index contributed by atoms with van der Waals surface area (Å²) in [6.07, 6.45) is 0.122. The van der Waals surface area contributed by atoms with Crippen LogP contribution >= 0.6 is 23.4 Å². The summed E-state index contributed by atoms with van der Waals surface area (Å²) in [7, 11) is -1.52. The number of sulfone groups is 1. The molecule has 4 rings (SSSR count). The van der Waals surface area contributed by atoms with Gasteiger partial charge in [-0.1, -0.05) is 53.7 Å². The van der Waals surface area contributed by atoms with Gasteiger partial charge in [0.1, 0.15) is 5.75 Å². The summed E-state index contributed by atoms with van der Waals surface area (Å²) in [5.41, 5.74) is 1.75. The van der Waals surface area contributed by atoms with Crippen molar-refractivity contribution >= 4 is 44.3 Å². The number of fused-ring (bicyclic) bond motifs is 1. The van der Waals surface area contributed by atoms with E-state index in [1.165, 1.54) is 11.8 Å². The predicted octanol–water partition coefficient (Wildman–Crippen LogP) is 3.19.